The van der Waals surface area contributed by atoms with Gasteiger partial charge in [-0.25, -0.2) is 0 Å². The maximum Gasteiger partial charge on any atom is 0.306 e. The Morgan fingerprint density at radius 3 is 2.91 bits per heavy atom. The Hall–Kier alpha value is -2.21. The van der Waals surface area contributed by atoms with Crippen molar-refractivity contribution in [3.63, 3.8) is 0 Å². The van der Waals surface area contributed by atoms with Crippen LogP contribution in [0.3, 0.4) is 0 Å². The first-order valence-electron chi connectivity index (χ1n) is 7.83. The average molecular weight is 317 g/mol. The molecule has 0 fully saturated rings. The van der Waals surface area contributed by atoms with Gasteiger partial charge in [0.25, 0.3) is 0 Å². The summed E-state index contributed by atoms with van der Waals surface area (Å²) in [6, 6.07) is 7.70. The highest BCUT2D eigenvalue weighted by Gasteiger charge is 2.18. The predicted octanol–water partition coefficient (Wildman–Crippen LogP) is 1.98. The molecule has 1 unspecified atom stereocenters. The first-order valence-corrected chi connectivity index (χ1v) is 7.83. The van der Waals surface area contributed by atoms with E-state index in [0.29, 0.717) is 13.0 Å². The van der Waals surface area contributed by atoms with E-state index in [4.69, 9.17) is 4.74 Å². The van der Waals surface area contributed by atoms with Crippen molar-refractivity contribution in [2.24, 2.45) is 7.05 Å². The number of ether oxygens (including phenoxy) is 1. The third kappa shape index (κ3) is 5.17. The lowest BCUT2D eigenvalue weighted by Crippen LogP contribution is -2.12. The predicted molar refractivity (Wildman–Crippen MR) is 85.7 cm³/mol. The number of aryl methyl sites for hydroxylation is 2. The zero-order chi connectivity index (χ0) is 16.7. The first kappa shape index (κ1) is 17.1. The fraction of sp³-hybridized carbons (Fsp3) is 0.471. The Morgan fingerprint density at radius 2 is 2.26 bits per heavy atom. The number of aliphatic hydroxyl groups is 1. The summed E-state index contributed by atoms with van der Waals surface area (Å²) in [5.74, 6) is -0.173. The summed E-state index contributed by atoms with van der Waals surface area (Å²) in [5.41, 5.74) is 2.78. The van der Waals surface area contributed by atoms with Crippen LogP contribution in [0.1, 0.15) is 42.5 Å². The van der Waals surface area contributed by atoms with Gasteiger partial charge >= 0.3 is 5.97 Å². The fourth-order valence-corrected chi connectivity index (χ4v) is 2.59. The highest BCUT2D eigenvalue weighted by molar-refractivity contribution is 5.70. The molecule has 1 atom stereocenters. The summed E-state index contributed by atoms with van der Waals surface area (Å²) in [6.45, 7) is 2.18. The van der Waals surface area contributed by atoms with Crippen molar-refractivity contribution in [1.82, 2.24) is 15.0 Å². The van der Waals surface area contributed by atoms with E-state index in [-0.39, 0.29) is 18.5 Å². The van der Waals surface area contributed by atoms with E-state index in [2.05, 4.69) is 10.3 Å². The quantitative estimate of drug-likeness (QED) is 0.753. The molecule has 1 aromatic carbocycles. The highest BCUT2D eigenvalue weighted by Crippen LogP contribution is 2.26. The third-order valence-electron chi connectivity index (χ3n) is 3.72. The number of esters is 1. The lowest BCUT2D eigenvalue weighted by atomic mass is 9.89. The van der Waals surface area contributed by atoms with Crippen LogP contribution in [0.5, 0.6) is 0 Å². The SMILES string of the molecule is CCOC(=O)CC(CCc1cn(C)nn1)c1cccc(CO)c1. The van der Waals surface area contributed by atoms with Crippen molar-refractivity contribution in [3.8, 4) is 0 Å². The van der Waals surface area contributed by atoms with Gasteiger partial charge in [0.2, 0.25) is 0 Å². The van der Waals surface area contributed by atoms with Crippen molar-refractivity contribution in [2.45, 2.75) is 38.7 Å². The number of aromatic nitrogens is 3. The molecule has 0 aliphatic heterocycles. The van der Waals surface area contributed by atoms with E-state index < -0.39 is 0 Å². The molecule has 2 aromatic rings. The number of benzene rings is 1. The van der Waals surface area contributed by atoms with Crippen molar-refractivity contribution >= 4 is 5.97 Å². The van der Waals surface area contributed by atoms with Gasteiger partial charge in [0.1, 0.15) is 0 Å². The van der Waals surface area contributed by atoms with Gasteiger partial charge in [-0.15, -0.1) is 5.10 Å². The molecule has 0 aliphatic carbocycles. The van der Waals surface area contributed by atoms with Crippen LogP contribution >= 0.6 is 0 Å². The summed E-state index contributed by atoms with van der Waals surface area (Å²) >= 11 is 0. The van der Waals surface area contributed by atoms with Crippen LogP contribution in [-0.4, -0.2) is 32.7 Å². The Labute approximate surface area is 136 Å². The number of carbonyl (C=O) groups is 1. The number of aliphatic hydroxyl groups excluding tert-OH is 1. The molecule has 0 radical (unpaired) electrons. The Bertz CT molecular complexity index is 640. The summed E-state index contributed by atoms with van der Waals surface area (Å²) in [7, 11) is 1.83. The number of carbonyl (C=O) groups excluding carboxylic acids is 1. The third-order valence-corrected chi connectivity index (χ3v) is 3.72. The topological polar surface area (TPSA) is 77.2 Å². The van der Waals surface area contributed by atoms with Gasteiger partial charge in [0.15, 0.2) is 0 Å². The van der Waals surface area contributed by atoms with Gasteiger partial charge in [-0.05, 0) is 36.8 Å². The van der Waals surface area contributed by atoms with Crippen LogP contribution in [-0.2, 0) is 29.6 Å². The molecule has 0 spiro atoms. The minimum atomic E-state index is -0.203. The minimum Gasteiger partial charge on any atom is -0.466 e. The molecule has 0 bridgehead atoms. The van der Waals surface area contributed by atoms with Crippen LogP contribution < -0.4 is 0 Å². The number of nitrogens with zero attached hydrogens (tertiary/aromatic N) is 3. The first-order chi connectivity index (χ1) is 11.1. The van der Waals surface area contributed by atoms with E-state index in [1.165, 1.54) is 0 Å². The molecule has 2 rings (SSSR count). The Balaban J connectivity index is 2.11. The summed E-state index contributed by atoms with van der Waals surface area (Å²) in [4.78, 5) is 11.9. The van der Waals surface area contributed by atoms with Gasteiger partial charge in [-0.1, -0.05) is 29.5 Å². The number of hydrogen-bond acceptors (Lipinski definition) is 5. The van der Waals surface area contributed by atoms with Crippen LogP contribution in [0.15, 0.2) is 30.5 Å². The average Bonchev–Trinajstić information content (AvgIpc) is 2.97. The molecule has 23 heavy (non-hydrogen) atoms. The van der Waals surface area contributed by atoms with E-state index in [0.717, 1.165) is 29.7 Å². The van der Waals surface area contributed by atoms with Gasteiger partial charge in [-0.2, -0.15) is 0 Å². The zero-order valence-corrected chi connectivity index (χ0v) is 13.6. The normalized spacial score (nSPS) is 12.1. The molecule has 0 amide bonds. The lowest BCUT2D eigenvalue weighted by Gasteiger charge is -2.17. The van der Waals surface area contributed by atoms with E-state index >= 15 is 0 Å². The molecular formula is C17H23N3O3. The summed E-state index contributed by atoms with van der Waals surface area (Å²) in [6.07, 6.45) is 3.71. The van der Waals surface area contributed by atoms with Gasteiger partial charge in [0, 0.05) is 13.2 Å². The van der Waals surface area contributed by atoms with Gasteiger partial charge < -0.3 is 9.84 Å². The number of rotatable bonds is 8. The van der Waals surface area contributed by atoms with E-state index in [1.54, 1.807) is 11.6 Å². The molecule has 0 aliphatic rings. The maximum atomic E-state index is 11.9. The van der Waals surface area contributed by atoms with Crippen LogP contribution in [0.2, 0.25) is 0 Å². The molecule has 0 saturated heterocycles. The van der Waals surface area contributed by atoms with Gasteiger partial charge in [-0.3, -0.25) is 9.48 Å². The van der Waals surface area contributed by atoms with E-state index in [9.17, 15) is 9.90 Å². The largest absolute Gasteiger partial charge is 0.466 e. The summed E-state index contributed by atoms with van der Waals surface area (Å²) in [5, 5.41) is 17.3. The molecule has 1 aromatic heterocycles. The molecule has 1 N–H and O–H groups in total. The molecule has 6 nitrogen and oxygen atoms in total. The molecule has 1 heterocycles. The zero-order valence-electron chi connectivity index (χ0n) is 13.6. The molecule has 0 saturated carbocycles. The van der Waals surface area contributed by atoms with Crippen LogP contribution in [0, 0.1) is 0 Å². The van der Waals surface area contributed by atoms with Crippen LogP contribution in [0.25, 0.3) is 0 Å². The van der Waals surface area contributed by atoms with Crippen molar-refractivity contribution in [3.05, 3.63) is 47.3 Å². The lowest BCUT2D eigenvalue weighted by molar-refractivity contribution is -0.143. The second kappa shape index (κ2) is 8.43. The van der Waals surface area contributed by atoms with Crippen molar-refractivity contribution < 1.29 is 14.6 Å². The standard InChI is InChI=1S/C17H23N3O3/c1-3-23-17(22)10-15(7-8-16-11-20(2)19-18-16)14-6-4-5-13(9-14)12-21/h4-6,9,11,15,21H,3,7-8,10,12H2,1-2H3. The highest BCUT2D eigenvalue weighted by atomic mass is 16.5. The monoisotopic (exact) mass is 317 g/mol. The Kier molecular flexibility index (Phi) is 6.29. The van der Waals surface area contributed by atoms with Gasteiger partial charge in [0.05, 0.1) is 25.3 Å². The van der Waals surface area contributed by atoms with Crippen molar-refractivity contribution in [1.29, 1.82) is 0 Å². The second-order valence-electron chi connectivity index (χ2n) is 5.53. The molecule has 124 valence electrons. The van der Waals surface area contributed by atoms with Crippen molar-refractivity contribution in [2.75, 3.05) is 6.61 Å². The molecule has 6 heteroatoms. The second-order valence-corrected chi connectivity index (χ2v) is 5.53. The minimum absolute atomic E-state index is 0.00979. The van der Waals surface area contributed by atoms with Crippen LogP contribution in [0.4, 0.5) is 0 Å². The maximum absolute atomic E-state index is 11.9. The number of hydrogen-bond donors (Lipinski definition) is 1. The summed E-state index contributed by atoms with van der Waals surface area (Å²) < 4.78 is 6.75. The smallest absolute Gasteiger partial charge is 0.306 e. The Morgan fingerprint density at radius 1 is 1.43 bits per heavy atom. The molecular weight excluding hydrogens is 294 g/mol. The van der Waals surface area contributed by atoms with E-state index in [1.807, 2.05) is 37.5 Å². The fourth-order valence-electron chi connectivity index (χ4n) is 2.59.